The number of halogens is 1. The molecule has 0 amide bonds. The quantitative estimate of drug-likeness (QED) is 0.579. The van der Waals surface area contributed by atoms with Crippen LogP contribution in [0, 0.1) is 5.82 Å². The summed E-state index contributed by atoms with van der Waals surface area (Å²) in [5, 5.41) is 16.7. The number of nitrogens with zero attached hydrogens (tertiary/aromatic N) is 1. The molecule has 1 aromatic rings. The number of aliphatic imine (C=N–C) groups is 1. The Morgan fingerprint density at radius 2 is 2.05 bits per heavy atom. The van der Waals surface area contributed by atoms with Gasteiger partial charge in [0.1, 0.15) is 11.9 Å². The van der Waals surface area contributed by atoms with E-state index >= 15 is 0 Å². The molecule has 0 radical (unpaired) electrons. The Morgan fingerprint density at radius 1 is 1.32 bits per heavy atom. The summed E-state index contributed by atoms with van der Waals surface area (Å²) in [4.78, 5) is 4.40. The van der Waals surface area contributed by atoms with Crippen molar-refractivity contribution in [2.45, 2.75) is 51.2 Å². The number of hydrogen-bond acceptors (Lipinski definition) is 2. The number of nitrogens with one attached hydrogen (secondary N) is 2. The number of guanidine groups is 1. The van der Waals surface area contributed by atoms with E-state index in [2.05, 4.69) is 15.6 Å². The van der Waals surface area contributed by atoms with Crippen LogP contribution in [0.5, 0.6) is 0 Å². The monoisotopic (exact) mass is 307 g/mol. The molecular formula is C17H26FN3O. The van der Waals surface area contributed by atoms with Crippen LogP contribution in [0.25, 0.3) is 0 Å². The van der Waals surface area contributed by atoms with Crippen LogP contribution in [0.15, 0.2) is 29.3 Å². The molecule has 3 N–H and O–H groups in total. The van der Waals surface area contributed by atoms with Gasteiger partial charge >= 0.3 is 0 Å². The van der Waals surface area contributed by atoms with Gasteiger partial charge in [-0.2, -0.15) is 0 Å². The molecule has 1 aromatic carbocycles. The molecule has 0 bridgehead atoms. The summed E-state index contributed by atoms with van der Waals surface area (Å²) in [6.45, 7) is 2.91. The normalized spacial score (nSPS) is 18.0. The Hall–Kier alpha value is -1.62. The Kier molecular flexibility index (Phi) is 6.65. The van der Waals surface area contributed by atoms with Crippen molar-refractivity contribution in [1.29, 1.82) is 0 Å². The zero-order valence-corrected chi connectivity index (χ0v) is 13.2. The average molecular weight is 307 g/mol. The fourth-order valence-electron chi connectivity index (χ4n) is 2.78. The average Bonchev–Trinajstić information content (AvgIpc) is 2.54. The van der Waals surface area contributed by atoms with E-state index in [1.54, 1.807) is 18.2 Å². The topological polar surface area (TPSA) is 56.7 Å². The summed E-state index contributed by atoms with van der Waals surface area (Å²) >= 11 is 0. The lowest BCUT2D eigenvalue weighted by Gasteiger charge is -2.25. The summed E-state index contributed by atoms with van der Waals surface area (Å²) in [7, 11) is 0. The van der Waals surface area contributed by atoms with E-state index in [-0.39, 0.29) is 6.54 Å². The summed E-state index contributed by atoms with van der Waals surface area (Å²) in [5.74, 6) is 0.306. The lowest BCUT2D eigenvalue weighted by atomic mass is 9.96. The minimum absolute atomic E-state index is 0.142. The highest BCUT2D eigenvalue weighted by atomic mass is 19.1. The smallest absolute Gasteiger partial charge is 0.191 e. The van der Waals surface area contributed by atoms with Gasteiger partial charge in [0, 0.05) is 18.2 Å². The highest BCUT2D eigenvalue weighted by molar-refractivity contribution is 5.80. The van der Waals surface area contributed by atoms with Crippen LogP contribution < -0.4 is 10.6 Å². The summed E-state index contributed by atoms with van der Waals surface area (Å²) in [6, 6.07) is 6.72. The maximum Gasteiger partial charge on any atom is 0.191 e. The number of hydrogen-bond donors (Lipinski definition) is 3. The van der Waals surface area contributed by atoms with E-state index in [9.17, 15) is 9.50 Å². The van der Waals surface area contributed by atoms with E-state index in [0.29, 0.717) is 17.6 Å². The number of aliphatic hydroxyl groups excluding tert-OH is 1. The second kappa shape index (κ2) is 8.73. The highest BCUT2D eigenvalue weighted by Crippen LogP contribution is 2.18. The second-order valence-electron chi connectivity index (χ2n) is 5.74. The van der Waals surface area contributed by atoms with Crippen molar-refractivity contribution in [3.05, 3.63) is 35.6 Å². The third-order valence-corrected chi connectivity index (χ3v) is 3.98. The van der Waals surface area contributed by atoms with Crippen LogP contribution in [0.3, 0.4) is 0 Å². The van der Waals surface area contributed by atoms with Gasteiger partial charge in [-0.05, 0) is 25.8 Å². The number of benzene rings is 1. The fraction of sp³-hybridized carbons (Fsp3) is 0.588. The molecule has 0 spiro atoms. The Labute approximate surface area is 131 Å². The second-order valence-corrected chi connectivity index (χ2v) is 5.74. The maximum atomic E-state index is 13.6. The molecule has 0 aromatic heterocycles. The van der Waals surface area contributed by atoms with Crippen LogP contribution in [0.1, 0.15) is 50.7 Å². The van der Waals surface area contributed by atoms with Gasteiger partial charge in [0.15, 0.2) is 5.96 Å². The van der Waals surface area contributed by atoms with E-state index in [0.717, 1.165) is 19.4 Å². The van der Waals surface area contributed by atoms with E-state index in [1.807, 2.05) is 6.92 Å². The van der Waals surface area contributed by atoms with Crippen LogP contribution >= 0.6 is 0 Å². The Balaban J connectivity index is 1.95. The predicted octanol–water partition coefficient (Wildman–Crippen LogP) is 2.75. The minimum atomic E-state index is -0.928. The van der Waals surface area contributed by atoms with Gasteiger partial charge < -0.3 is 15.7 Å². The van der Waals surface area contributed by atoms with Crippen LogP contribution in [0.2, 0.25) is 0 Å². The maximum absolute atomic E-state index is 13.6. The highest BCUT2D eigenvalue weighted by Gasteiger charge is 2.15. The third kappa shape index (κ3) is 4.98. The van der Waals surface area contributed by atoms with Crippen molar-refractivity contribution in [3.63, 3.8) is 0 Å². The molecule has 1 fully saturated rings. The standard InChI is InChI=1S/C17H26FN3O/c1-2-19-17(21-13-8-4-3-5-9-13)20-12-16(22)14-10-6-7-11-15(14)18/h6-7,10-11,13,16,22H,2-5,8-9,12H2,1H3,(H2,19,20,21). The lowest BCUT2D eigenvalue weighted by molar-refractivity contribution is 0.182. The van der Waals surface area contributed by atoms with Crippen molar-refractivity contribution in [2.75, 3.05) is 13.1 Å². The third-order valence-electron chi connectivity index (χ3n) is 3.98. The van der Waals surface area contributed by atoms with Crippen molar-refractivity contribution in [1.82, 2.24) is 10.6 Å². The summed E-state index contributed by atoms with van der Waals surface area (Å²) in [6.07, 6.45) is 5.17. The molecule has 1 atom stereocenters. The zero-order valence-electron chi connectivity index (χ0n) is 13.2. The van der Waals surface area contributed by atoms with Crippen LogP contribution in [-0.2, 0) is 0 Å². The molecule has 1 unspecified atom stereocenters. The van der Waals surface area contributed by atoms with Gasteiger partial charge in [0.25, 0.3) is 0 Å². The molecule has 0 aliphatic heterocycles. The molecule has 5 heteroatoms. The van der Waals surface area contributed by atoms with Gasteiger partial charge in [-0.3, -0.25) is 4.99 Å². The fourth-order valence-corrected chi connectivity index (χ4v) is 2.78. The van der Waals surface area contributed by atoms with Crippen molar-refractivity contribution in [3.8, 4) is 0 Å². The summed E-state index contributed by atoms with van der Waals surface area (Å²) in [5.41, 5.74) is 0.291. The first-order chi connectivity index (χ1) is 10.7. The lowest BCUT2D eigenvalue weighted by Crippen LogP contribution is -2.44. The zero-order chi connectivity index (χ0) is 15.8. The molecule has 1 aliphatic rings. The number of aliphatic hydroxyl groups is 1. The van der Waals surface area contributed by atoms with Crippen molar-refractivity contribution in [2.24, 2.45) is 4.99 Å². The van der Waals surface area contributed by atoms with E-state index in [4.69, 9.17) is 0 Å². The van der Waals surface area contributed by atoms with Gasteiger partial charge in [-0.15, -0.1) is 0 Å². The minimum Gasteiger partial charge on any atom is -0.386 e. The Morgan fingerprint density at radius 3 is 2.73 bits per heavy atom. The van der Waals surface area contributed by atoms with E-state index in [1.165, 1.54) is 25.3 Å². The molecule has 0 heterocycles. The van der Waals surface area contributed by atoms with Gasteiger partial charge in [0.2, 0.25) is 0 Å². The predicted molar refractivity (Wildman–Crippen MR) is 87.3 cm³/mol. The molecule has 22 heavy (non-hydrogen) atoms. The molecule has 1 saturated carbocycles. The van der Waals surface area contributed by atoms with Gasteiger partial charge in [-0.1, -0.05) is 37.5 Å². The first kappa shape index (κ1) is 16.7. The molecule has 0 saturated heterocycles. The SMILES string of the molecule is CCNC(=NCC(O)c1ccccc1F)NC1CCCCC1. The first-order valence-electron chi connectivity index (χ1n) is 8.18. The number of rotatable bonds is 5. The molecule has 1 aliphatic carbocycles. The largest absolute Gasteiger partial charge is 0.386 e. The molecular weight excluding hydrogens is 281 g/mol. The van der Waals surface area contributed by atoms with Gasteiger partial charge in [0.05, 0.1) is 6.54 Å². The van der Waals surface area contributed by atoms with E-state index < -0.39 is 11.9 Å². The Bertz CT molecular complexity index is 487. The van der Waals surface area contributed by atoms with Gasteiger partial charge in [-0.25, -0.2) is 4.39 Å². The summed E-state index contributed by atoms with van der Waals surface area (Å²) < 4.78 is 13.6. The molecule has 4 nitrogen and oxygen atoms in total. The first-order valence-corrected chi connectivity index (χ1v) is 8.18. The molecule has 2 rings (SSSR count). The van der Waals surface area contributed by atoms with Crippen molar-refractivity contribution < 1.29 is 9.50 Å². The van der Waals surface area contributed by atoms with Crippen molar-refractivity contribution >= 4 is 5.96 Å². The molecule has 122 valence electrons. The van der Waals surface area contributed by atoms with Crippen LogP contribution in [0.4, 0.5) is 4.39 Å². The van der Waals surface area contributed by atoms with Crippen LogP contribution in [-0.4, -0.2) is 30.2 Å².